The zero-order valence-electron chi connectivity index (χ0n) is 13.6. The minimum Gasteiger partial charge on any atom is -0.375 e. The fraction of sp³-hybridized carbons (Fsp3) is 0.562. The molecule has 0 aromatic carbocycles. The molecule has 2 aromatic heterocycles. The van der Waals surface area contributed by atoms with Gasteiger partial charge in [-0.05, 0) is 31.4 Å². The summed E-state index contributed by atoms with van der Waals surface area (Å²) in [6, 6.07) is 1.56. The molecule has 0 spiro atoms. The molecule has 0 amide bonds. The van der Waals surface area contributed by atoms with Crippen molar-refractivity contribution in [3.05, 3.63) is 29.2 Å². The van der Waals surface area contributed by atoms with Gasteiger partial charge in [0.25, 0.3) is 0 Å². The third-order valence-electron chi connectivity index (χ3n) is 5.05. The van der Waals surface area contributed by atoms with E-state index < -0.39 is 23.1 Å². The third kappa shape index (κ3) is 2.28. The van der Waals surface area contributed by atoms with Gasteiger partial charge < -0.3 is 5.11 Å². The first-order chi connectivity index (χ1) is 11.5. The second kappa shape index (κ2) is 4.78. The van der Waals surface area contributed by atoms with Gasteiger partial charge in [-0.1, -0.05) is 6.92 Å². The minimum absolute atomic E-state index is 0.278. The van der Waals surface area contributed by atoms with E-state index in [1.54, 1.807) is 17.7 Å². The third-order valence-corrected chi connectivity index (χ3v) is 5.05. The van der Waals surface area contributed by atoms with Crippen LogP contribution in [0.15, 0.2) is 12.3 Å². The Balaban J connectivity index is 1.90. The monoisotopic (exact) mass is 356 g/mol. The fourth-order valence-electron chi connectivity index (χ4n) is 3.30. The molecular weight excluding hydrogens is 340 g/mol. The summed E-state index contributed by atoms with van der Waals surface area (Å²) < 4.78 is 55.8. The van der Waals surface area contributed by atoms with Gasteiger partial charge in [-0.2, -0.15) is 28.5 Å². The molecule has 0 bridgehead atoms. The highest BCUT2D eigenvalue weighted by Gasteiger charge is 2.55. The van der Waals surface area contributed by atoms with Crippen molar-refractivity contribution >= 4 is 0 Å². The van der Waals surface area contributed by atoms with E-state index in [9.17, 15) is 22.7 Å². The van der Waals surface area contributed by atoms with E-state index in [1.165, 1.54) is 6.20 Å². The average molecular weight is 356 g/mol. The molecule has 1 aliphatic heterocycles. The molecule has 2 atom stereocenters. The number of aliphatic hydroxyl groups is 1. The molecule has 4 rings (SSSR count). The van der Waals surface area contributed by atoms with Gasteiger partial charge in [-0.3, -0.25) is 4.68 Å². The zero-order valence-corrected chi connectivity index (χ0v) is 13.6. The van der Waals surface area contributed by atoms with Crippen LogP contribution in [0.5, 0.6) is 0 Å². The van der Waals surface area contributed by atoms with Gasteiger partial charge in [0.15, 0.2) is 5.67 Å². The molecule has 5 nitrogen and oxygen atoms in total. The Morgan fingerprint density at radius 3 is 2.60 bits per heavy atom. The van der Waals surface area contributed by atoms with Gasteiger partial charge in [-0.15, -0.1) is 0 Å². The zero-order chi connectivity index (χ0) is 18.2. The van der Waals surface area contributed by atoms with Gasteiger partial charge in [0.05, 0.1) is 11.9 Å². The van der Waals surface area contributed by atoms with Crippen LogP contribution < -0.4 is 0 Å². The molecule has 1 aliphatic carbocycles. The van der Waals surface area contributed by atoms with Crippen molar-refractivity contribution in [1.82, 2.24) is 20.0 Å². The number of alkyl halides is 4. The molecule has 3 heterocycles. The van der Waals surface area contributed by atoms with E-state index in [-0.39, 0.29) is 18.0 Å². The summed E-state index contributed by atoms with van der Waals surface area (Å²) in [5.74, 6) is -0.385. The van der Waals surface area contributed by atoms with Crippen LogP contribution in [0.1, 0.15) is 49.6 Å². The highest BCUT2D eigenvalue weighted by Crippen LogP contribution is 2.51. The number of halogens is 4. The Morgan fingerprint density at radius 1 is 1.32 bits per heavy atom. The molecule has 2 aliphatic rings. The Morgan fingerprint density at radius 2 is 2.00 bits per heavy atom. The van der Waals surface area contributed by atoms with Crippen LogP contribution in [0.4, 0.5) is 17.6 Å². The molecule has 0 saturated heterocycles. The average Bonchev–Trinajstić information content (AvgIpc) is 3.12. The number of nitrogens with zero attached hydrogens (tertiary/aromatic N) is 4. The Kier molecular flexibility index (Phi) is 3.14. The summed E-state index contributed by atoms with van der Waals surface area (Å²) in [6.45, 7) is 2.68. The number of aromatic nitrogens is 4. The first kappa shape index (κ1) is 16.4. The molecular formula is C16H16F4N4O. The van der Waals surface area contributed by atoms with Gasteiger partial charge in [-0.25, -0.2) is 4.39 Å². The SMILES string of the molecule is C[C@H]1Cn2nc(C3(F)CC3)cc2-c2cnnc([C@@](C)(O)C(F)(F)F)c21. The minimum atomic E-state index is -4.89. The van der Waals surface area contributed by atoms with Crippen LogP contribution in [0.3, 0.4) is 0 Å². The molecule has 0 unspecified atom stereocenters. The largest absolute Gasteiger partial charge is 0.422 e. The van der Waals surface area contributed by atoms with Crippen molar-refractivity contribution in [1.29, 1.82) is 0 Å². The van der Waals surface area contributed by atoms with E-state index in [4.69, 9.17) is 0 Å². The molecule has 1 N–H and O–H groups in total. The lowest BCUT2D eigenvalue weighted by Crippen LogP contribution is -2.42. The lowest BCUT2D eigenvalue weighted by atomic mass is 9.85. The Bertz CT molecular complexity index is 854. The number of hydrogen-bond donors (Lipinski definition) is 1. The summed E-state index contributed by atoms with van der Waals surface area (Å²) in [6.07, 6.45) is -2.75. The normalized spacial score (nSPS) is 23.6. The number of rotatable bonds is 2. The summed E-state index contributed by atoms with van der Waals surface area (Å²) in [5, 5.41) is 21.6. The number of fused-ring (bicyclic) bond motifs is 3. The standard InChI is InChI=1S/C16H16F4N4O/c1-8-7-24-10(5-11(23-24)15(17)3-4-15)9-6-21-22-13(12(8)9)14(2,25)16(18,19)20/h5-6,8,25H,3-4,7H2,1-2H3/t8-,14+/m0/s1. The topological polar surface area (TPSA) is 63.8 Å². The van der Waals surface area contributed by atoms with Crippen LogP contribution in [-0.2, 0) is 17.8 Å². The first-order valence-corrected chi connectivity index (χ1v) is 7.97. The van der Waals surface area contributed by atoms with Crippen molar-refractivity contribution < 1.29 is 22.7 Å². The fourth-order valence-corrected chi connectivity index (χ4v) is 3.30. The van der Waals surface area contributed by atoms with Crippen LogP contribution >= 0.6 is 0 Å². The van der Waals surface area contributed by atoms with Gasteiger partial charge in [0, 0.05) is 18.0 Å². The Labute approximate surface area is 140 Å². The van der Waals surface area contributed by atoms with E-state index in [2.05, 4.69) is 15.3 Å². The van der Waals surface area contributed by atoms with Gasteiger partial charge >= 0.3 is 6.18 Å². The van der Waals surface area contributed by atoms with Crippen LogP contribution in [0.25, 0.3) is 11.3 Å². The smallest absolute Gasteiger partial charge is 0.375 e. The summed E-state index contributed by atoms with van der Waals surface area (Å²) in [5.41, 5.74) is -3.60. The molecule has 9 heteroatoms. The van der Waals surface area contributed by atoms with Crippen molar-refractivity contribution in [3.63, 3.8) is 0 Å². The molecule has 1 saturated carbocycles. The highest BCUT2D eigenvalue weighted by molar-refractivity contribution is 5.67. The van der Waals surface area contributed by atoms with Crippen LogP contribution in [0.2, 0.25) is 0 Å². The van der Waals surface area contributed by atoms with Gasteiger partial charge in [0.1, 0.15) is 11.4 Å². The van der Waals surface area contributed by atoms with Crippen molar-refractivity contribution in [2.45, 2.75) is 56.6 Å². The van der Waals surface area contributed by atoms with E-state index >= 15 is 0 Å². The maximum absolute atomic E-state index is 14.3. The highest BCUT2D eigenvalue weighted by atomic mass is 19.4. The molecule has 0 radical (unpaired) electrons. The maximum Gasteiger partial charge on any atom is 0.422 e. The van der Waals surface area contributed by atoms with E-state index in [0.29, 0.717) is 36.7 Å². The van der Waals surface area contributed by atoms with Crippen molar-refractivity contribution in [2.24, 2.45) is 0 Å². The lowest BCUT2D eigenvalue weighted by Gasteiger charge is -2.32. The van der Waals surface area contributed by atoms with Crippen LogP contribution in [-0.4, -0.2) is 31.3 Å². The van der Waals surface area contributed by atoms with E-state index in [0.717, 1.165) is 0 Å². The number of hydrogen-bond acceptors (Lipinski definition) is 4. The molecule has 1 fully saturated rings. The lowest BCUT2D eigenvalue weighted by molar-refractivity contribution is -0.260. The maximum atomic E-state index is 14.3. The predicted molar refractivity (Wildman–Crippen MR) is 79.3 cm³/mol. The Hall–Kier alpha value is -2.03. The molecule has 134 valence electrons. The second-order valence-corrected chi connectivity index (χ2v) is 7.05. The van der Waals surface area contributed by atoms with Crippen molar-refractivity contribution in [3.8, 4) is 11.3 Å². The molecule has 2 aromatic rings. The second-order valence-electron chi connectivity index (χ2n) is 7.05. The summed E-state index contributed by atoms with van der Waals surface area (Å²) in [7, 11) is 0. The summed E-state index contributed by atoms with van der Waals surface area (Å²) >= 11 is 0. The summed E-state index contributed by atoms with van der Waals surface area (Å²) in [4.78, 5) is 0. The molecule has 25 heavy (non-hydrogen) atoms. The van der Waals surface area contributed by atoms with Gasteiger partial charge in [0.2, 0.25) is 5.60 Å². The van der Waals surface area contributed by atoms with Crippen molar-refractivity contribution in [2.75, 3.05) is 0 Å². The quantitative estimate of drug-likeness (QED) is 0.840. The predicted octanol–water partition coefficient (Wildman–Crippen LogP) is 3.19. The first-order valence-electron chi connectivity index (χ1n) is 7.97. The van der Waals surface area contributed by atoms with Crippen LogP contribution in [0, 0.1) is 0 Å². The van der Waals surface area contributed by atoms with E-state index in [1.807, 2.05) is 0 Å².